The summed E-state index contributed by atoms with van der Waals surface area (Å²) in [6.45, 7) is 2.01. The van der Waals surface area contributed by atoms with Crippen LogP contribution in [-0.2, 0) is 0 Å². The summed E-state index contributed by atoms with van der Waals surface area (Å²) < 4.78 is 5.16. The molecule has 1 aromatic rings. The van der Waals surface area contributed by atoms with Gasteiger partial charge in [0.25, 0.3) is 0 Å². The molecule has 1 aromatic carbocycles. The lowest BCUT2D eigenvalue weighted by Crippen LogP contribution is -2.14. The molecule has 13 heavy (non-hydrogen) atoms. The lowest BCUT2D eigenvalue weighted by molar-refractivity contribution is 0.414. The highest BCUT2D eigenvalue weighted by molar-refractivity contribution is 6.00. The van der Waals surface area contributed by atoms with Gasteiger partial charge < -0.3 is 10.5 Å². The molecule has 0 saturated heterocycles. The molecule has 70 valence electrons. The summed E-state index contributed by atoms with van der Waals surface area (Å²) in [5, 5.41) is 0. The van der Waals surface area contributed by atoms with Gasteiger partial charge in [0.05, 0.1) is 12.7 Å². The van der Waals surface area contributed by atoms with Gasteiger partial charge in [0, 0.05) is 7.05 Å². The van der Waals surface area contributed by atoms with Crippen LogP contribution < -0.4 is 10.5 Å². The van der Waals surface area contributed by atoms with Crippen LogP contribution in [0.15, 0.2) is 23.2 Å². The van der Waals surface area contributed by atoms with E-state index in [1.807, 2.05) is 25.1 Å². The molecule has 0 bridgehead atoms. The number of rotatable bonds is 2. The Morgan fingerprint density at radius 3 is 2.69 bits per heavy atom. The van der Waals surface area contributed by atoms with Gasteiger partial charge in [-0.2, -0.15) is 0 Å². The Bertz CT molecular complexity index is 332. The van der Waals surface area contributed by atoms with Gasteiger partial charge in [-0.15, -0.1) is 0 Å². The average Bonchev–Trinajstić information content (AvgIpc) is 2.16. The average molecular weight is 178 g/mol. The number of nitrogens with zero attached hydrogens (tertiary/aromatic N) is 1. The highest BCUT2D eigenvalue weighted by Crippen LogP contribution is 2.18. The van der Waals surface area contributed by atoms with Crippen molar-refractivity contribution in [3.05, 3.63) is 29.3 Å². The molecule has 0 unspecified atom stereocenters. The molecule has 3 nitrogen and oxygen atoms in total. The number of ether oxygens (including phenoxy) is 1. The van der Waals surface area contributed by atoms with Crippen molar-refractivity contribution in [3.8, 4) is 5.75 Å². The van der Waals surface area contributed by atoms with E-state index in [4.69, 9.17) is 10.5 Å². The van der Waals surface area contributed by atoms with Crippen molar-refractivity contribution in [2.75, 3.05) is 14.2 Å². The fourth-order valence-corrected chi connectivity index (χ4v) is 1.14. The Balaban J connectivity index is 3.23. The third-order valence-corrected chi connectivity index (χ3v) is 1.87. The zero-order valence-electron chi connectivity index (χ0n) is 8.16. The zero-order chi connectivity index (χ0) is 9.84. The Kier molecular flexibility index (Phi) is 2.90. The first kappa shape index (κ1) is 9.58. The summed E-state index contributed by atoms with van der Waals surface area (Å²) in [6.07, 6.45) is 0. The van der Waals surface area contributed by atoms with Crippen LogP contribution in [0.25, 0.3) is 0 Å². The summed E-state index contributed by atoms with van der Waals surface area (Å²) in [7, 11) is 3.29. The molecule has 0 atom stereocenters. The van der Waals surface area contributed by atoms with Crippen molar-refractivity contribution in [2.24, 2.45) is 10.7 Å². The largest absolute Gasteiger partial charge is 0.496 e. The van der Waals surface area contributed by atoms with Crippen LogP contribution in [0, 0.1) is 6.92 Å². The van der Waals surface area contributed by atoms with Crippen LogP contribution in [-0.4, -0.2) is 20.0 Å². The first-order valence-corrected chi connectivity index (χ1v) is 4.06. The Morgan fingerprint density at radius 1 is 1.46 bits per heavy atom. The standard InChI is InChI=1S/C10H14N2O/c1-7-4-5-9(13-3)8(6-7)10(11)12-2/h4-6H,1-3H3,(H2,11,12). The SMILES string of the molecule is CN=C(N)c1cc(C)ccc1OC. The second-order valence-electron chi connectivity index (χ2n) is 2.81. The van der Waals surface area contributed by atoms with Gasteiger partial charge in [-0.3, -0.25) is 4.99 Å². The maximum atomic E-state index is 5.71. The van der Waals surface area contributed by atoms with Gasteiger partial charge in [-0.05, 0) is 19.1 Å². The third kappa shape index (κ3) is 1.99. The van der Waals surface area contributed by atoms with Crippen molar-refractivity contribution < 1.29 is 4.74 Å². The smallest absolute Gasteiger partial charge is 0.129 e. The van der Waals surface area contributed by atoms with Crippen LogP contribution in [0.3, 0.4) is 0 Å². The van der Waals surface area contributed by atoms with Crippen LogP contribution in [0.1, 0.15) is 11.1 Å². The van der Waals surface area contributed by atoms with Gasteiger partial charge in [-0.25, -0.2) is 0 Å². The van der Waals surface area contributed by atoms with Crippen molar-refractivity contribution in [2.45, 2.75) is 6.92 Å². The highest BCUT2D eigenvalue weighted by atomic mass is 16.5. The topological polar surface area (TPSA) is 47.6 Å². The van der Waals surface area contributed by atoms with Crippen LogP contribution in [0.5, 0.6) is 5.75 Å². The maximum Gasteiger partial charge on any atom is 0.129 e. The van der Waals surface area contributed by atoms with Gasteiger partial charge in [0.15, 0.2) is 0 Å². The quantitative estimate of drug-likeness (QED) is 0.548. The lowest BCUT2D eigenvalue weighted by atomic mass is 10.1. The molecule has 0 radical (unpaired) electrons. The van der Waals surface area contributed by atoms with E-state index in [1.165, 1.54) is 0 Å². The molecule has 0 saturated carbocycles. The number of hydrogen-bond acceptors (Lipinski definition) is 2. The Labute approximate surface area is 78.2 Å². The third-order valence-electron chi connectivity index (χ3n) is 1.87. The first-order valence-electron chi connectivity index (χ1n) is 4.06. The minimum absolute atomic E-state index is 0.501. The molecular formula is C10H14N2O. The van der Waals surface area contributed by atoms with Gasteiger partial charge in [-0.1, -0.05) is 11.6 Å². The molecule has 0 aliphatic carbocycles. The molecule has 0 aliphatic heterocycles. The van der Waals surface area contributed by atoms with Gasteiger partial charge in [0.2, 0.25) is 0 Å². The first-order chi connectivity index (χ1) is 6.19. The summed E-state index contributed by atoms with van der Waals surface area (Å²) in [6, 6.07) is 5.83. The number of aliphatic imine (C=N–C) groups is 1. The van der Waals surface area contributed by atoms with E-state index in [1.54, 1.807) is 14.2 Å². The van der Waals surface area contributed by atoms with Crippen molar-refractivity contribution in [3.63, 3.8) is 0 Å². The van der Waals surface area contributed by atoms with Crippen LogP contribution in [0.2, 0.25) is 0 Å². The lowest BCUT2D eigenvalue weighted by Gasteiger charge is -2.07. The van der Waals surface area contributed by atoms with Crippen LogP contribution >= 0.6 is 0 Å². The van der Waals surface area contributed by atoms with E-state index in [-0.39, 0.29) is 0 Å². The van der Waals surface area contributed by atoms with Crippen molar-refractivity contribution >= 4 is 5.84 Å². The van der Waals surface area contributed by atoms with Gasteiger partial charge >= 0.3 is 0 Å². The molecule has 3 heteroatoms. The van der Waals surface area contributed by atoms with E-state index in [2.05, 4.69) is 4.99 Å². The second-order valence-corrected chi connectivity index (χ2v) is 2.81. The van der Waals surface area contributed by atoms with Crippen LogP contribution in [0.4, 0.5) is 0 Å². The predicted molar refractivity (Wildman–Crippen MR) is 54.4 cm³/mol. The van der Waals surface area contributed by atoms with Crippen molar-refractivity contribution in [1.82, 2.24) is 0 Å². The minimum atomic E-state index is 0.501. The molecule has 0 aliphatic rings. The Morgan fingerprint density at radius 2 is 2.15 bits per heavy atom. The van der Waals surface area contributed by atoms with E-state index in [9.17, 15) is 0 Å². The highest BCUT2D eigenvalue weighted by Gasteiger charge is 2.05. The zero-order valence-corrected chi connectivity index (χ0v) is 8.16. The molecule has 0 amide bonds. The number of hydrogen-bond donors (Lipinski definition) is 1. The molecular weight excluding hydrogens is 164 g/mol. The van der Waals surface area contributed by atoms with E-state index >= 15 is 0 Å². The number of methoxy groups -OCH3 is 1. The van der Waals surface area contributed by atoms with E-state index < -0.39 is 0 Å². The summed E-state index contributed by atoms with van der Waals surface area (Å²) >= 11 is 0. The monoisotopic (exact) mass is 178 g/mol. The number of aryl methyl sites for hydroxylation is 1. The fourth-order valence-electron chi connectivity index (χ4n) is 1.14. The van der Waals surface area contributed by atoms with Crippen molar-refractivity contribution in [1.29, 1.82) is 0 Å². The van der Waals surface area contributed by atoms with Gasteiger partial charge in [0.1, 0.15) is 11.6 Å². The minimum Gasteiger partial charge on any atom is -0.496 e. The fraction of sp³-hybridized carbons (Fsp3) is 0.300. The number of benzene rings is 1. The molecule has 2 N–H and O–H groups in total. The molecule has 0 fully saturated rings. The summed E-state index contributed by atoms with van der Waals surface area (Å²) in [5.74, 6) is 1.26. The molecule has 0 aromatic heterocycles. The summed E-state index contributed by atoms with van der Waals surface area (Å²) in [5.41, 5.74) is 7.70. The van der Waals surface area contributed by atoms with E-state index in [0.29, 0.717) is 5.84 Å². The number of amidine groups is 1. The normalized spacial score (nSPS) is 11.5. The predicted octanol–water partition coefficient (Wildman–Crippen LogP) is 1.34. The molecule has 0 heterocycles. The number of nitrogens with two attached hydrogens (primary N) is 1. The van der Waals surface area contributed by atoms with E-state index in [0.717, 1.165) is 16.9 Å². The molecule has 1 rings (SSSR count). The summed E-state index contributed by atoms with van der Waals surface area (Å²) in [4.78, 5) is 3.92. The molecule has 0 spiro atoms. The Hall–Kier alpha value is -1.51. The second kappa shape index (κ2) is 3.94. The maximum absolute atomic E-state index is 5.71.